The first-order valence-corrected chi connectivity index (χ1v) is 7.94. The monoisotopic (exact) mass is 332 g/mol. The maximum atomic E-state index is 12.2. The van der Waals surface area contributed by atoms with Gasteiger partial charge in [-0.2, -0.15) is 16.4 Å². The van der Waals surface area contributed by atoms with Gasteiger partial charge in [0.15, 0.2) is 0 Å². The normalized spacial score (nSPS) is 12.0. The highest BCUT2D eigenvalue weighted by Gasteiger charge is 2.17. The van der Waals surface area contributed by atoms with E-state index >= 15 is 0 Å². The van der Waals surface area contributed by atoms with E-state index in [-0.39, 0.29) is 18.5 Å². The van der Waals surface area contributed by atoms with Crippen molar-refractivity contribution in [3.8, 4) is 0 Å². The van der Waals surface area contributed by atoms with Gasteiger partial charge in [0.1, 0.15) is 19.2 Å². The third-order valence-electron chi connectivity index (χ3n) is 3.16. The van der Waals surface area contributed by atoms with Crippen LogP contribution in [0.1, 0.15) is 17.2 Å². The highest BCUT2D eigenvalue weighted by atomic mass is 35.5. The van der Waals surface area contributed by atoms with Gasteiger partial charge in [0.05, 0.1) is 6.04 Å². The molecular weight excluding hydrogens is 320 g/mol. The number of aromatic nitrogens is 3. The molecule has 22 heavy (non-hydrogen) atoms. The lowest BCUT2D eigenvalue weighted by atomic mass is 10.0. The van der Waals surface area contributed by atoms with Crippen LogP contribution in [0.15, 0.2) is 53.7 Å². The van der Waals surface area contributed by atoms with Crippen LogP contribution in [-0.2, 0) is 11.3 Å². The molecule has 0 aliphatic rings. The van der Waals surface area contributed by atoms with Gasteiger partial charge >= 0.3 is 0 Å². The molecule has 1 amide bonds. The van der Waals surface area contributed by atoms with Gasteiger partial charge in [-0.3, -0.25) is 4.79 Å². The molecule has 0 aliphatic heterocycles. The molecule has 0 aliphatic carbocycles. The highest BCUT2D eigenvalue weighted by molar-refractivity contribution is 7.08. The summed E-state index contributed by atoms with van der Waals surface area (Å²) in [7, 11) is 0. The smallest absolute Gasteiger partial charge is 0.242 e. The Hall–Kier alpha value is -2.18. The molecule has 112 valence electrons. The first-order chi connectivity index (χ1) is 10.7. The van der Waals surface area contributed by atoms with Crippen LogP contribution < -0.4 is 5.32 Å². The molecule has 0 fully saturated rings. The van der Waals surface area contributed by atoms with Crippen molar-refractivity contribution in [3.05, 3.63) is 69.9 Å². The minimum atomic E-state index is -0.209. The van der Waals surface area contributed by atoms with Crippen molar-refractivity contribution < 1.29 is 4.79 Å². The summed E-state index contributed by atoms with van der Waals surface area (Å²) >= 11 is 7.53. The van der Waals surface area contributed by atoms with Crippen LogP contribution in [0.5, 0.6) is 0 Å². The van der Waals surface area contributed by atoms with E-state index in [0.717, 1.165) is 11.1 Å². The molecule has 0 unspecified atom stereocenters. The number of nitrogens with zero attached hydrogens (tertiary/aromatic N) is 3. The predicted molar refractivity (Wildman–Crippen MR) is 85.8 cm³/mol. The minimum Gasteiger partial charge on any atom is -0.344 e. The van der Waals surface area contributed by atoms with Crippen molar-refractivity contribution in [2.24, 2.45) is 0 Å². The SMILES string of the molecule is O=C(Cn1cncn1)N[C@@H](c1ccc(Cl)cc1)c1ccsc1. The van der Waals surface area contributed by atoms with E-state index in [1.54, 1.807) is 11.3 Å². The van der Waals surface area contributed by atoms with Crippen LogP contribution in [0.4, 0.5) is 0 Å². The summed E-state index contributed by atoms with van der Waals surface area (Å²) in [6, 6.07) is 9.26. The number of thiophene rings is 1. The van der Waals surface area contributed by atoms with Crippen LogP contribution in [-0.4, -0.2) is 20.7 Å². The molecule has 3 aromatic rings. The number of carbonyl (C=O) groups is 1. The number of amides is 1. The Morgan fingerprint density at radius 1 is 1.27 bits per heavy atom. The summed E-state index contributed by atoms with van der Waals surface area (Å²) in [4.78, 5) is 16.1. The number of carbonyl (C=O) groups excluding carboxylic acids is 1. The molecule has 5 nitrogen and oxygen atoms in total. The van der Waals surface area contributed by atoms with Crippen LogP contribution in [0.2, 0.25) is 5.02 Å². The fraction of sp³-hybridized carbons (Fsp3) is 0.133. The number of rotatable bonds is 5. The largest absolute Gasteiger partial charge is 0.344 e. The number of benzene rings is 1. The quantitative estimate of drug-likeness (QED) is 0.781. The Morgan fingerprint density at radius 2 is 2.09 bits per heavy atom. The first kappa shape index (κ1) is 14.7. The Morgan fingerprint density at radius 3 is 2.73 bits per heavy atom. The molecule has 0 saturated heterocycles. The summed E-state index contributed by atoms with van der Waals surface area (Å²) in [5.41, 5.74) is 2.02. The molecule has 1 atom stereocenters. The van der Waals surface area contributed by atoms with Crippen molar-refractivity contribution in [2.75, 3.05) is 0 Å². The fourth-order valence-electron chi connectivity index (χ4n) is 2.12. The van der Waals surface area contributed by atoms with E-state index in [1.807, 2.05) is 41.1 Å². The van der Waals surface area contributed by atoms with Gasteiger partial charge < -0.3 is 5.32 Å². The van der Waals surface area contributed by atoms with Crippen LogP contribution in [0.25, 0.3) is 0 Å². The van der Waals surface area contributed by atoms with E-state index in [9.17, 15) is 4.79 Å². The molecule has 0 radical (unpaired) electrons. The summed E-state index contributed by atoms with van der Waals surface area (Å²) in [5, 5.41) is 11.6. The third kappa shape index (κ3) is 3.52. The Labute approximate surface area is 136 Å². The lowest BCUT2D eigenvalue weighted by Crippen LogP contribution is -2.32. The Kier molecular flexibility index (Phi) is 4.50. The number of hydrogen-bond acceptors (Lipinski definition) is 4. The number of nitrogens with one attached hydrogen (secondary N) is 1. The zero-order valence-corrected chi connectivity index (χ0v) is 13.1. The molecule has 7 heteroatoms. The Balaban J connectivity index is 1.80. The number of halogens is 1. The van der Waals surface area contributed by atoms with Gasteiger partial charge in [0, 0.05) is 5.02 Å². The standard InChI is InChI=1S/C15H13ClN4OS/c16-13-3-1-11(2-4-13)15(12-5-6-22-8-12)19-14(21)7-20-10-17-9-18-20/h1-6,8-10,15H,7H2,(H,19,21)/t15-/m0/s1. The summed E-state index contributed by atoms with van der Waals surface area (Å²) < 4.78 is 1.49. The second-order valence-electron chi connectivity index (χ2n) is 4.70. The average Bonchev–Trinajstić information content (AvgIpc) is 3.19. The molecular formula is C15H13ClN4OS. The summed E-state index contributed by atoms with van der Waals surface area (Å²) in [6.45, 7) is 0.133. The summed E-state index contributed by atoms with van der Waals surface area (Å²) in [5.74, 6) is -0.128. The average molecular weight is 333 g/mol. The van der Waals surface area contributed by atoms with E-state index < -0.39 is 0 Å². The highest BCUT2D eigenvalue weighted by Crippen LogP contribution is 2.25. The molecule has 0 bridgehead atoms. The van der Waals surface area contributed by atoms with Crippen molar-refractivity contribution in [3.63, 3.8) is 0 Å². The van der Waals surface area contributed by atoms with Crippen molar-refractivity contribution in [1.82, 2.24) is 20.1 Å². The molecule has 0 spiro atoms. The van der Waals surface area contributed by atoms with E-state index in [1.165, 1.54) is 17.3 Å². The van der Waals surface area contributed by atoms with Gasteiger partial charge in [0.2, 0.25) is 5.91 Å². The molecule has 0 saturated carbocycles. The van der Waals surface area contributed by atoms with Crippen LogP contribution in [0, 0.1) is 0 Å². The summed E-state index contributed by atoms with van der Waals surface area (Å²) in [6.07, 6.45) is 2.92. The molecule has 2 heterocycles. The maximum absolute atomic E-state index is 12.2. The minimum absolute atomic E-state index is 0.128. The van der Waals surface area contributed by atoms with Gasteiger partial charge in [-0.05, 0) is 40.1 Å². The maximum Gasteiger partial charge on any atom is 0.242 e. The lowest BCUT2D eigenvalue weighted by Gasteiger charge is -2.18. The topological polar surface area (TPSA) is 59.8 Å². The third-order valence-corrected chi connectivity index (χ3v) is 4.11. The van der Waals surface area contributed by atoms with Crippen molar-refractivity contribution in [2.45, 2.75) is 12.6 Å². The van der Waals surface area contributed by atoms with Crippen molar-refractivity contribution in [1.29, 1.82) is 0 Å². The molecule has 3 rings (SSSR count). The van der Waals surface area contributed by atoms with Gasteiger partial charge in [0.25, 0.3) is 0 Å². The van der Waals surface area contributed by atoms with Crippen LogP contribution in [0.3, 0.4) is 0 Å². The second kappa shape index (κ2) is 6.72. The second-order valence-corrected chi connectivity index (χ2v) is 5.92. The first-order valence-electron chi connectivity index (χ1n) is 6.62. The van der Waals surface area contributed by atoms with Gasteiger partial charge in [-0.25, -0.2) is 9.67 Å². The molecule has 1 aromatic carbocycles. The lowest BCUT2D eigenvalue weighted by molar-refractivity contribution is -0.122. The number of hydrogen-bond donors (Lipinski definition) is 1. The Bertz CT molecular complexity index is 726. The predicted octanol–water partition coefficient (Wildman–Crippen LogP) is 2.90. The van der Waals surface area contributed by atoms with Gasteiger partial charge in [-0.1, -0.05) is 23.7 Å². The molecule has 2 aromatic heterocycles. The van der Waals surface area contributed by atoms with Crippen molar-refractivity contribution >= 4 is 28.8 Å². The van der Waals surface area contributed by atoms with E-state index in [4.69, 9.17) is 11.6 Å². The van der Waals surface area contributed by atoms with E-state index in [0.29, 0.717) is 5.02 Å². The van der Waals surface area contributed by atoms with Crippen LogP contribution >= 0.6 is 22.9 Å². The fourth-order valence-corrected chi connectivity index (χ4v) is 2.93. The zero-order chi connectivity index (χ0) is 15.4. The molecule has 1 N–H and O–H groups in total. The van der Waals surface area contributed by atoms with E-state index in [2.05, 4.69) is 15.4 Å². The zero-order valence-electron chi connectivity index (χ0n) is 11.5. The van der Waals surface area contributed by atoms with Gasteiger partial charge in [-0.15, -0.1) is 0 Å².